The van der Waals surface area contributed by atoms with E-state index in [-0.39, 0.29) is 30.6 Å². The monoisotopic (exact) mass is 450 g/mol. The molecule has 3 aromatic rings. The van der Waals surface area contributed by atoms with Crippen LogP contribution in [0.15, 0.2) is 54.6 Å². The summed E-state index contributed by atoms with van der Waals surface area (Å²) in [4.78, 5) is 30.2. The lowest BCUT2D eigenvalue weighted by molar-refractivity contribution is -0.133. The Balaban J connectivity index is 1.35. The zero-order valence-electron chi connectivity index (χ0n) is 18.4. The number of hydrogen-bond donors (Lipinski definition) is 3. The first-order valence-corrected chi connectivity index (χ1v) is 10.9. The summed E-state index contributed by atoms with van der Waals surface area (Å²) in [5.41, 5.74) is 2.53. The van der Waals surface area contributed by atoms with E-state index < -0.39 is 6.04 Å². The van der Waals surface area contributed by atoms with Crippen molar-refractivity contribution < 1.29 is 18.7 Å². The molecule has 2 aromatic carbocycles. The highest BCUT2D eigenvalue weighted by atomic mass is 19.1. The molecule has 33 heavy (non-hydrogen) atoms. The molecule has 0 spiro atoms. The highest BCUT2D eigenvalue weighted by Gasteiger charge is 2.30. The summed E-state index contributed by atoms with van der Waals surface area (Å²) in [7, 11) is 1.63. The predicted octanol–water partition coefficient (Wildman–Crippen LogP) is 2.84. The molecule has 1 saturated heterocycles. The van der Waals surface area contributed by atoms with Gasteiger partial charge in [-0.1, -0.05) is 30.4 Å². The Morgan fingerprint density at radius 3 is 2.97 bits per heavy atom. The molecule has 1 fully saturated rings. The van der Waals surface area contributed by atoms with Crippen LogP contribution < -0.4 is 15.4 Å². The number of benzene rings is 2. The fraction of sp³-hybridized carbons (Fsp3) is 0.280. The fourth-order valence-electron chi connectivity index (χ4n) is 4.02. The van der Waals surface area contributed by atoms with Gasteiger partial charge in [0.05, 0.1) is 26.1 Å². The predicted molar refractivity (Wildman–Crippen MR) is 125 cm³/mol. The molecule has 3 N–H and O–H groups in total. The molecule has 0 bridgehead atoms. The third-order valence-corrected chi connectivity index (χ3v) is 5.71. The summed E-state index contributed by atoms with van der Waals surface area (Å²) in [6, 6.07) is 13.5. The number of fused-ring (bicyclic) bond motifs is 1. The van der Waals surface area contributed by atoms with Gasteiger partial charge >= 0.3 is 0 Å². The molecule has 8 heteroatoms. The number of para-hydroxylation sites is 1. The Kier molecular flexibility index (Phi) is 7.04. The van der Waals surface area contributed by atoms with Crippen LogP contribution in [0.25, 0.3) is 17.0 Å². The summed E-state index contributed by atoms with van der Waals surface area (Å²) in [6.07, 6.45) is 4.00. The van der Waals surface area contributed by atoms with E-state index in [0.29, 0.717) is 19.6 Å². The number of nitrogens with zero attached hydrogens (tertiary/aromatic N) is 1. The second kappa shape index (κ2) is 10.3. The Labute approximate surface area is 191 Å². The molecule has 1 aliphatic heterocycles. The second-order valence-corrected chi connectivity index (χ2v) is 7.95. The van der Waals surface area contributed by atoms with Gasteiger partial charge in [-0.3, -0.25) is 14.5 Å². The van der Waals surface area contributed by atoms with Crippen molar-refractivity contribution in [2.75, 3.05) is 26.7 Å². The van der Waals surface area contributed by atoms with Crippen LogP contribution in [0.2, 0.25) is 0 Å². The number of halogens is 1. The van der Waals surface area contributed by atoms with Crippen LogP contribution in [0.3, 0.4) is 0 Å². The number of aromatic nitrogens is 1. The maximum atomic E-state index is 13.4. The molecular formula is C25H27FN4O3. The topological polar surface area (TPSA) is 86.5 Å². The molecule has 0 radical (unpaired) electrons. The molecule has 1 aliphatic rings. The van der Waals surface area contributed by atoms with Crippen molar-refractivity contribution >= 4 is 28.8 Å². The first kappa shape index (κ1) is 22.5. The zero-order chi connectivity index (χ0) is 23.2. The minimum atomic E-state index is -0.544. The van der Waals surface area contributed by atoms with Gasteiger partial charge in [0.2, 0.25) is 11.8 Å². The summed E-state index contributed by atoms with van der Waals surface area (Å²) >= 11 is 0. The fourth-order valence-corrected chi connectivity index (χ4v) is 4.02. The minimum Gasteiger partial charge on any atom is -0.496 e. The van der Waals surface area contributed by atoms with Gasteiger partial charge in [-0.05, 0) is 30.3 Å². The number of rotatable bonds is 8. The molecule has 7 nitrogen and oxygen atoms in total. The highest BCUT2D eigenvalue weighted by molar-refractivity contribution is 5.89. The van der Waals surface area contributed by atoms with Crippen molar-refractivity contribution in [3.05, 3.63) is 71.7 Å². The van der Waals surface area contributed by atoms with Gasteiger partial charge in [-0.15, -0.1) is 0 Å². The van der Waals surface area contributed by atoms with Crippen LogP contribution >= 0.6 is 0 Å². The van der Waals surface area contributed by atoms with E-state index in [2.05, 4.69) is 15.6 Å². The van der Waals surface area contributed by atoms with E-state index in [1.807, 2.05) is 41.3 Å². The SMILES string of the molecule is COc1ccccc1/C=C/CN1CCNC(=O)C1CC(=O)NCc1cc2cc(F)ccc2[nH]1. The van der Waals surface area contributed by atoms with Gasteiger partial charge in [0, 0.05) is 41.8 Å². The molecule has 2 amide bonds. The highest BCUT2D eigenvalue weighted by Crippen LogP contribution is 2.19. The van der Waals surface area contributed by atoms with Crippen LogP contribution in [0.5, 0.6) is 5.75 Å². The Morgan fingerprint density at radius 1 is 1.27 bits per heavy atom. The summed E-state index contributed by atoms with van der Waals surface area (Å²) < 4.78 is 18.7. The number of aromatic amines is 1. The third kappa shape index (κ3) is 5.59. The van der Waals surface area contributed by atoms with Crippen molar-refractivity contribution in [1.82, 2.24) is 20.5 Å². The van der Waals surface area contributed by atoms with Crippen LogP contribution in [-0.2, 0) is 16.1 Å². The minimum absolute atomic E-state index is 0.0587. The number of ether oxygens (including phenoxy) is 1. The van der Waals surface area contributed by atoms with E-state index in [0.717, 1.165) is 27.9 Å². The van der Waals surface area contributed by atoms with Gasteiger partial charge in [0.15, 0.2) is 0 Å². The van der Waals surface area contributed by atoms with Crippen LogP contribution in [0.1, 0.15) is 17.7 Å². The summed E-state index contributed by atoms with van der Waals surface area (Å²) in [5.74, 6) is 0.102. The molecule has 172 valence electrons. The van der Waals surface area contributed by atoms with E-state index in [1.165, 1.54) is 12.1 Å². The summed E-state index contributed by atoms with van der Waals surface area (Å²) in [6.45, 7) is 2.02. The number of methoxy groups -OCH3 is 1. The van der Waals surface area contributed by atoms with Gasteiger partial charge < -0.3 is 20.4 Å². The molecular weight excluding hydrogens is 423 g/mol. The average molecular weight is 451 g/mol. The number of carbonyl (C=O) groups is 2. The van der Waals surface area contributed by atoms with Gasteiger partial charge in [0.25, 0.3) is 0 Å². The van der Waals surface area contributed by atoms with Crippen LogP contribution in [-0.4, -0.2) is 54.5 Å². The Hall–Kier alpha value is -3.65. The van der Waals surface area contributed by atoms with E-state index in [4.69, 9.17) is 4.74 Å². The quantitative estimate of drug-likeness (QED) is 0.493. The van der Waals surface area contributed by atoms with Crippen molar-refractivity contribution in [2.45, 2.75) is 19.0 Å². The Bertz CT molecular complexity index is 1170. The lowest BCUT2D eigenvalue weighted by atomic mass is 10.1. The van der Waals surface area contributed by atoms with Crippen molar-refractivity contribution in [2.24, 2.45) is 0 Å². The number of amides is 2. The molecule has 1 unspecified atom stereocenters. The van der Waals surface area contributed by atoms with E-state index in [9.17, 15) is 14.0 Å². The molecule has 0 saturated carbocycles. The standard InChI is InChI=1S/C25H27FN4O3/c1-33-23-7-3-2-5-17(23)6-4-11-30-12-10-27-25(32)22(30)15-24(31)28-16-20-14-18-13-19(26)8-9-21(18)29-20/h2-9,13-14,22,29H,10-12,15-16H2,1H3,(H,27,32)(H,28,31)/b6-4+. The number of piperazine rings is 1. The summed E-state index contributed by atoms with van der Waals surface area (Å²) in [5, 5.41) is 6.45. The molecule has 2 heterocycles. The second-order valence-electron chi connectivity index (χ2n) is 7.95. The largest absolute Gasteiger partial charge is 0.496 e. The smallest absolute Gasteiger partial charge is 0.237 e. The van der Waals surface area contributed by atoms with Crippen molar-refractivity contribution in [1.29, 1.82) is 0 Å². The number of hydrogen-bond acceptors (Lipinski definition) is 4. The first-order valence-electron chi connectivity index (χ1n) is 10.9. The molecule has 1 aromatic heterocycles. The molecule has 1 atom stereocenters. The first-order chi connectivity index (χ1) is 16.0. The van der Waals surface area contributed by atoms with E-state index >= 15 is 0 Å². The molecule has 0 aliphatic carbocycles. The Morgan fingerprint density at radius 2 is 2.12 bits per heavy atom. The lowest BCUT2D eigenvalue weighted by Crippen LogP contribution is -2.56. The maximum Gasteiger partial charge on any atom is 0.237 e. The average Bonchev–Trinajstić information content (AvgIpc) is 3.22. The van der Waals surface area contributed by atoms with Crippen molar-refractivity contribution in [3.63, 3.8) is 0 Å². The van der Waals surface area contributed by atoms with Gasteiger partial charge in [-0.25, -0.2) is 4.39 Å². The normalized spacial score (nSPS) is 16.8. The van der Waals surface area contributed by atoms with Gasteiger partial charge in [0.1, 0.15) is 11.6 Å². The number of nitrogens with one attached hydrogen (secondary N) is 3. The maximum absolute atomic E-state index is 13.4. The third-order valence-electron chi connectivity index (χ3n) is 5.71. The number of carbonyl (C=O) groups excluding carboxylic acids is 2. The lowest BCUT2D eigenvalue weighted by Gasteiger charge is -2.33. The van der Waals surface area contributed by atoms with Crippen molar-refractivity contribution in [3.8, 4) is 5.75 Å². The van der Waals surface area contributed by atoms with Gasteiger partial charge in [-0.2, -0.15) is 0 Å². The van der Waals surface area contributed by atoms with Crippen LogP contribution in [0.4, 0.5) is 4.39 Å². The van der Waals surface area contributed by atoms with E-state index in [1.54, 1.807) is 19.2 Å². The zero-order valence-corrected chi connectivity index (χ0v) is 18.4. The molecule has 4 rings (SSSR count). The number of H-pyrrole nitrogens is 1. The van der Waals surface area contributed by atoms with Crippen LogP contribution in [0, 0.1) is 5.82 Å².